The molecule has 0 saturated heterocycles. The maximum atomic E-state index is 11.8. The third-order valence-electron chi connectivity index (χ3n) is 3.29. The molecule has 6 nitrogen and oxygen atoms in total. The lowest BCUT2D eigenvalue weighted by Crippen LogP contribution is -2.33. The minimum Gasteiger partial charge on any atom is -0.454 e. The fraction of sp³-hybridized carbons (Fsp3) is 0.250. The Labute approximate surface area is 128 Å². The highest BCUT2D eigenvalue weighted by molar-refractivity contribution is 5.78. The Bertz CT molecular complexity index is 646. The maximum absolute atomic E-state index is 11.8. The summed E-state index contributed by atoms with van der Waals surface area (Å²) >= 11 is 0. The van der Waals surface area contributed by atoms with E-state index in [-0.39, 0.29) is 19.2 Å². The summed E-state index contributed by atoms with van der Waals surface area (Å²) in [4.78, 5) is 15.7. The number of hydrogen-bond donors (Lipinski definition) is 2. The van der Waals surface area contributed by atoms with Gasteiger partial charge in [0.2, 0.25) is 12.7 Å². The molecule has 0 saturated carbocycles. The SMILES string of the molecule is O=C(CNCc1ccncc1)NCc1ccc2c(c1)OCO2. The summed E-state index contributed by atoms with van der Waals surface area (Å²) in [6.45, 7) is 1.63. The van der Waals surface area contributed by atoms with Crippen molar-refractivity contribution in [2.24, 2.45) is 0 Å². The van der Waals surface area contributed by atoms with Crippen LogP contribution < -0.4 is 20.1 Å². The largest absolute Gasteiger partial charge is 0.454 e. The Morgan fingerprint density at radius 3 is 2.73 bits per heavy atom. The minimum absolute atomic E-state index is 0.0493. The van der Waals surface area contributed by atoms with Crippen molar-refractivity contribution in [1.82, 2.24) is 15.6 Å². The molecule has 1 aromatic heterocycles. The molecule has 2 N–H and O–H groups in total. The van der Waals surface area contributed by atoms with E-state index < -0.39 is 0 Å². The zero-order valence-corrected chi connectivity index (χ0v) is 12.0. The summed E-state index contributed by atoms with van der Waals surface area (Å²) < 4.78 is 10.6. The molecule has 114 valence electrons. The van der Waals surface area contributed by atoms with E-state index in [0.29, 0.717) is 13.1 Å². The lowest BCUT2D eigenvalue weighted by Gasteiger charge is -2.07. The molecule has 6 heteroatoms. The third kappa shape index (κ3) is 3.73. The molecule has 1 aliphatic rings. The highest BCUT2D eigenvalue weighted by Crippen LogP contribution is 2.32. The number of fused-ring (bicyclic) bond motifs is 1. The predicted molar refractivity (Wildman–Crippen MR) is 80.4 cm³/mol. The molecular formula is C16H17N3O3. The van der Waals surface area contributed by atoms with Crippen molar-refractivity contribution < 1.29 is 14.3 Å². The number of nitrogens with zero attached hydrogens (tertiary/aromatic N) is 1. The molecule has 1 aliphatic heterocycles. The average molecular weight is 299 g/mol. The smallest absolute Gasteiger partial charge is 0.234 e. The van der Waals surface area contributed by atoms with Crippen molar-refractivity contribution in [3.63, 3.8) is 0 Å². The first-order valence-electron chi connectivity index (χ1n) is 7.06. The van der Waals surface area contributed by atoms with Crippen LogP contribution in [0.2, 0.25) is 0 Å². The normalized spacial score (nSPS) is 12.2. The number of pyridine rings is 1. The number of hydrogen-bond acceptors (Lipinski definition) is 5. The minimum atomic E-state index is -0.0493. The van der Waals surface area contributed by atoms with E-state index in [0.717, 1.165) is 22.6 Å². The van der Waals surface area contributed by atoms with Crippen LogP contribution in [0, 0.1) is 0 Å². The van der Waals surface area contributed by atoms with Crippen LogP contribution in [0.1, 0.15) is 11.1 Å². The van der Waals surface area contributed by atoms with Gasteiger partial charge in [-0.1, -0.05) is 6.07 Å². The Hall–Kier alpha value is -2.60. The number of amides is 1. The van der Waals surface area contributed by atoms with Crippen LogP contribution in [-0.2, 0) is 17.9 Å². The second-order valence-electron chi connectivity index (χ2n) is 4.92. The van der Waals surface area contributed by atoms with Gasteiger partial charge in [-0.15, -0.1) is 0 Å². The molecule has 0 aliphatic carbocycles. The van der Waals surface area contributed by atoms with Crippen molar-refractivity contribution in [2.45, 2.75) is 13.1 Å². The molecular weight excluding hydrogens is 282 g/mol. The summed E-state index contributed by atoms with van der Waals surface area (Å²) in [6.07, 6.45) is 3.47. The summed E-state index contributed by atoms with van der Waals surface area (Å²) in [5.41, 5.74) is 2.07. The topological polar surface area (TPSA) is 72.5 Å². The van der Waals surface area contributed by atoms with E-state index in [9.17, 15) is 4.79 Å². The van der Waals surface area contributed by atoms with Crippen molar-refractivity contribution in [1.29, 1.82) is 0 Å². The van der Waals surface area contributed by atoms with Gasteiger partial charge in [-0.05, 0) is 35.4 Å². The number of ether oxygens (including phenoxy) is 2. The third-order valence-corrected chi connectivity index (χ3v) is 3.29. The molecule has 0 atom stereocenters. The fourth-order valence-electron chi connectivity index (χ4n) is 2.14. The standard InChI is InChI=1S/C16H17N3O3/c20-16(10-18-8-12-3-5-17-6-4-12)19-9-13-1-2-14-15(7-13)22-11-21-14/h1-7,18H,8-11H2,(H,19,20). The van der Waals surface area contributed by atoms with Gasteiger partial charge in [-0.25, -0.2) is 0 Å². The van der Waals surface area contributed by atoms with E-state index in [1.807, 2.05) is 30.3 Å². The van der Waals surface area contributed by atoms with E-state index in [1.54, 1.807) is 12.4 Å². The van der Waals surface area contributed by atoms with E-state index >= 15 is 0 Å². The molecule has 2 heterocycles. The zero-order valence-electron chi connectivity index (χ0n) is 12.0. The van der Waals surface area contributed by atoms with Gasteiger partial charge >= 0.3 is 0 Å². The molecule has 0 radical (unpaired) electrons. The highest BCUT2D eigenvalue weighted by atomic mass is 16.7. The van der Waals surface area contributed by atoms with Crippen LogP contribution >= 0.6 is 0 Å². The van der Waals surface area contributed by atoms with Gasteiger partial charge in [0.25, 0.3) is 0 Å². The van der Waals surface area contributed by atoms with Crippen molar-refractivity contribution in [2.75, 3.05) is 13.3 Å². The molecule has 22 heavy (non-hydrogen) atoms. The van der Waals surface area contributed by atoms with Gasteiger partial charge in [0, 0.05) is 25.5 Å². The Morgan fingerprint density at radius 2 is 1.86 bits per heavy atom. The number of carbonyl (C=O) groups is 1. The van der Waals surface area contributed by atoms with Gasteiger partial charge < -0.3 is 20.1 Å². The van der Waals surface area contributed by atoms with Crippen LogP contribution in [0.5, 0.6) is 11.5 Å². The zero-order chi connectivity index (χ0) is 15.2. The summed E-state index contributed by atoms with van der Waals surface area (Å²) in [5.74, 6) is 1.42. The van der Waals surface area contributed by atoms with Gasteiger partial charge in [0.15, 0.2) is 11.5 Å². The molecule has 0 unspecified atom stereocenters. The van der Waals surface area contributed by atoms with E-state index in [2.05, 4.69) is 15.6 Å². The Balaban J connectivity index is 1.41. The second kappa shape index (κ2) is 6.91. The summed E-state index contributed by atoms with van der Waals surface area (Å²) in [7, 11) is 0. The van der Waals surface area contributed by atoms with Gasteiger partial charge in [0.1, 0.15) is 0 Å². The first kappa shape index (κ1) is 14.3. The van der Waals surface area contributed by atoms with E-state index in [4.69, 9.17) is 9.47 Å². The van der Waals surface area contributed by atoms with Crippen LogP contribution in [0.15, 0.2) is 42.7 Å². The van der Waals surface area contributed by atoms with Crippen molar-refractivity contribution in [3.05, 3.63) is 53.9 Å². The Morgan fingerprint density at radius 1 is 1.05 bits per heavy atom. The first-order valence-corrected chi connectivity index (χ1v) is 7.06. The fourth-order valence-corrected chi connectivity index (χ4v) is 2.14. The summed E-state index contributed by atoms with van der Waals surface area (Å²) in [6, 6.07) is 9.48. The molecule has 0 bridgehead atoms. The van der Waals surface area contributed by atoms with Gasteiger partial charge in [-0.3, -0.25) is 9.78 Å². The quantitative estimate of drug-likeness (QED) is 0.839. The predicted octanol–water partition coefficient (Wildman–Crippen LogP) is 1.22. The molecule has 3 rings (SSSR count). The average Bonchev–Trinajstić information content (AvgIpc) is 3.01. The van der Waals surface area contributed by atoms with Crippen molar-refractivity contribution >= 4 is 5.91 Å². The number of rotatable bonds is 6. The number of nitrogens with one attached hydrogen (secondary N) is 2. The molecule has 1 aromatic carbocycles. The molecule has 1 amide bonds. The van der Waals surface area contributed by atoms with Crippen LogP contribution in [0.4, 0.5) is 0 Å². The lowest BCUT2D eigenvalue weighted by atomic mass is 10.2. The summed E-state index contributed by atoms with van der Waals surface area (Å²) in [5, 5.41) is 5.96. The first-order chi connectivity index (χ1) is 10.8. The van der Waals surface area contributed by atoms with Crippen LogP contribution in [-0.4, -0.2) is 24.2 Å². The molecule has 0 fully saturated rings. The van der Waals surface area contributed by atoms with Crippen LogP contribution in [0.25, 0.3) is 0 Å². The van der Waals surface area contributed by atoms with Crippen molar-refractivity contribution in [3.8, 4) is 11.5 Å². The Kier molecular flexibility index (Phi) is 4.50. The van der Waals surface area contributed by atoms with Gasteiger partial charge in [0.05, 0.1) is 6.54 Å². The number of benzene rings is 1. The van der Waals surface area contributed by atoms with Gasteiger partial charge in [-0.2, -0.15) is 0 Å². The monoisotopic (exact) mass is 299 g/mol. The van der Waals surface area contributed by atoms with Crippen LogP contribution in [0.3, 0.4) is 0 Å². The number of carbonyl (C=O) groups excluding carboxylic acids is 1. The second-order valence-corrected chi connectivity index (χ2v) is 4.92. The maximum Gasteiger partial charge on any atom is 0.234 e. The molecule has 0 spiro atoms. The molecule has 2 aromatic rings. The lowest BCUT2D eigenvalue weighted by molar-refractivity contribution is -0.120. The highest BCUT2D eigenvalue weighted by Gasteiger charge is 2.13. The number of aromatic nitrogens is 1. The van der Waals surface area contributed by atoms with E-state index in [1.165, 1.54) is 0 Å².